The number of benzene rings is 2. The smallest absolute Gasteiger partial charge is 0.318 e. The Morgan fingerprint density at radius 2 is 2.06 bits per heavy atom. The first-order valence-corrected chi connectivity index (χ1v) is 12.7. The van der Waals surface area contributed by atoms with Crippen LogP contribution in [0.1, 0.15) is 24.5 Å². The topological polar surface area (TPSA) is 76.6 Å². The molecule has 0 spiro atoms. The number of ether oxygens (including phenoxy) is 2. The van der Waals surface area contributed by atoms with E-state index in [9.17, 15) is 4.79 Å². The van der Waals surface area contributed by atoms with Crippen LogP contribution in [0, 0.1) is 0 Å². The molecule has 7 nitrogen and oxygen atoms in total. The largest absolute Gasteiger partial charge is 0.467 e. The van der Waals surface area contributed by atoms with Gasteiger partial charge in [-0.15, -0.1) is 0 Å². The van der Waals surface area contributed by atoms with Crippen LogP contribution in [0.4, 0.5) is 5.82 Å². The summed E-state index contributed by atoms with van der Waals surface area (Å²) >= 11 is 12.3. The van der Waals surface area contributed by atoms with E-state index in [0.29, 0.717) is 41.9 Å². The molecule has 190 valence electrons. The van der Waals surface area contributed by atoms with Gasteiger partial charge in [0.1, 0.15) is 17.7 Å². The Balaban J connectivity index is 1.52. The van der Waals surface area contributed by atoms with Crippen molar-refractivity contribution in [2.75, 3.05) is 45.2 Å². The van der Waals surface area contributed by atoms with Crippen LogP contribution >= 0.6 is 23.2 Å². The van der Waals surface area contributed by atoms with Crippen LogP contribution in [0.25, 0.3) is 11.3 Å². The zero-order valence-electron chi connectivity index (χ0n) is 20.5. The average molecular weight is 529 g/mol. The van der Waals surface area contributed by atoms with E-state index in [1.54, 1.807) is 13.2 Å². The summed E-state index contributed by atoms with van der Waals surface area (Å²) in [5.74, 6) is 0.660. The van der Waals surface area contributed by atoms with Crippen molar-refractivity contribution in [3.8, 4) is 17.3 Å². The number of rotatable bonds is 10. The maximum Gasteiger partial charge on any atom is 0.318 e. The van der Waals surface area contributed by atoms with E-state index in [-0.39, 0.29) is 6.01 Å². The van der Waals surface area contributed by atoms with Crippen molar-refractivity contribution < 1.29 is 14.3 Å². The predicted octanol–water partition coefficient (Wildman–Crippen LogP) is 5.25. The van der Waals surface area contributed by atoms with E-state index >= 15 is 0 Å². The Bertz CT molecular complexity index is 1210. The third-order valence-electron chi connectivity index (χ3n) is 6.29. The number of aldehydes is 1. The fourth-order valence-electron chi connectivity index (χ4n) is 4.36. The zero-order chi connectivity index (χ0) is 25.5. The van der Waals surface area contributed by atoms with Gasteiger partial charge in [0.2, 0.25) is 0 Å². The molecule has 0 radical (unpaired) electrons. The van der Waals surface area contributed by atoms with E-state index in [4.69, 9.17) is 32.7 Å². The summed E-state index contributed by atoms with van der Waals surface area (Å²) in [7, 11) is 1.55. The molecule has 0 saturated carbocycles. The summed E-state index contributed by atoms with van der Waals surface area (Å²) in [6.07, 6.45) is 2.20. The predicted molar refractivity (Wildman–Crippen MR) is 143 cm³/mol. The van der Waals surface area contributed by atoms with Gasteiger partial charge < -0.3 is 19.6 Å². The van der Waals surface area contributed by atoms with Crippen molar-refractivity contribution in [2.45, 2.75) is 25.4 Å². The van der Waals surface area contributed by atoms with Gasteiger partial charge in [0.05, 0.1) is 19.4 Å². The highest BCUT2D eigenvalue weighted by molar-refractivity contribution is 6.35. The summed E-state index contributed by atoms with van der Waals surface area (Å²) in [5.41, 5.74) is 3.26. The fraction of sp³-hybridized carbons (Fsp3) is 0.370. The molecule has 3 aromatic rings. The Labute approximate surface area is 221 Å². The lowest BCUT2D eigenvalue weighted by Gasteiger charge is -2.41. The standard InChI is InChI=1S/C27H30Cl2N4O3/c1-27(18-33(11-4-13-34)12-14-36-27)21-6-3-5-20(15-21)24-17-25(32-26(31-24)35-2)30-10-9-19-7-8-22(28)16-23(19)29/h3,5-8,13,15-17H,4,9-12,14,18H2,1-2H3,(H,30,31,32). The van der Waals surface area contributed by atoms with Gasteiger partial charge in [-0.2, -0.15) is 9.97 Å². The molecule has 2 heterocycles. The number of hydrogen-bond acceptors (Lipinski definition) is 7. The minimum absolute atomic E-state index is 0.282. The molecule has 0 amide bonds. The minimum atomic E-state index is -0.479. The van der Waals surface area contributed by atoms with Gasteiger partial charge in [-0.25, -0.2) is 0 Å². The lowest BCUT2D eigenvalue weighted by atomic mass is 9.91. The monoisotopic (exact) mass is 528 g/mol. The average Bonchev–Trinajstić information content (AvgIpc) is 2.88. The number of carbonyl (C=O) groups excluding carboxylic acids is 1. The molecule has 1 fully saturated rings. The second-order valence-electron chi connectivity index (χ2n) is 8.93. The number of carbonyl (C=O) groups is 1. The quantitative estimate of drug-likeness (QED) is 0.360. The van der Waals surface area contributed by atoms with E-state index < -0.39 is 5.60 Å². The Morgan fingerprint density at radius 3 is 2.83 bits per heavy atom. The van der Waals surface area contributed by atoms with Gasteiger partial charge in [0, 0.05) is 54.3 Å². The molecule has 9 heteroatoms. The van der Waals surface area contributed by atoms with Crippen molar-refractivity contribution >= 4 is 35.3 Å². The number of nitrogens with one attached hydrogen (secondary N) is 1. The van der Waals surface area contributed by atoms with E-state index in [1.807, 2.05) is 30.3 Å². The molecule has 0 bridgehead atoms. The van der Waals surface area contributed by atoms with Crippen LogP contribution < -0.4 is 10.1 Å². The molecular weight excluding hydrogens is 499 g/mol. The summed E-state index contributed by atoms with van der Waals surface area (Å²) in [5, 5.41) is 4.61. The van der Waals surface area contributed by atoms with Crippen LogP contribution in [0.3, 0.4) is 0 Å². The molecule has 1 aliphatic heterocycles. The lowest BCUT2D eigenvalue weighted by molar-refractivity contribution is -0.113. The summed E-state index contributed by atoms with van der Waals surface area (Å²) in [6, 6.07) is 15.9. The summed E-state index contributed by atoms with van der Waals surface area (Å²) in [4.78, 5) is 22.1. The number of anilines is 1. The number of morpholine rings is 1. The highest BCUT2D eigenvalue weighted by Crippen LogP contribution is 2.33. The van der Waals surface area contributed by atoms with Crippen LogP contribution in [-0.2, 0) is 21.6 Å². The number of aromatic nitrogens is 2. The van der Waals surface area contributed by atoms with Gasteiger partial charge >= 0.3 is 6.01 Å². The number of halogens is 2. The summed E-state index contributed by atoms with van der Waals surface area (Å²) in [6.45, 7) is 5.62. The van der Waals surface area contributed by atoms with Gasteiger partial charge in [-0.1, -0.05) is 47.5 Å². The molecule has 0 aliphatic carbocycles. The molecule has 1 aliphatic rings. The first-order valence-electron chi connectivity index (χ1n) is 11.9. The summed E-state index contributed by atoms with van der Waals surface area (Å²) < 4.78 is 11.6. The lowest BCUT2D eigenvalue weighted by Crippen LogP contribution is -2.48. The highest BCUT2D eigenvalue weighted by Gasteiger charge is 2.33. The molecule has 1 unspecified atom stereocenters. The van der Waals surface area contributed by atoms with Crippen LogP contribution in [0.5, 0.6) is 6.01 Å². The molecule has 4 rings (SSSR count). The van der Waals surface area contributed by atoms with Gasteiger partial charge in [-0.05, 0) is 42.7 Å². The molecule has 1 N–H and O–H groups in total. The zero-order valence-corrected chi connectivity index (χ0v) is 22.0. The SMILES string of the molecule is COc1nc(NCCc2ccc(Cl)cc2Cl)cc(-c2cccc(C3(C)CN(CCC=O)CCO3)c2)n1. The van der Waals surface area contributed by atoms with E-state index in [0.717, 1.165) is 48.3 Å². The van der Waals surface area contributed by atoms with Crippen molar-refractivity contribution in [1.82, 2.24) is 14.9 Å². The third-order valence-corrected chi connectivity index (χ3v) is 6.88. The van der Waals surface area contributed by atoms with Crippen molar-refractivity contribution in [1.29, 1.82) is 0 Å². The minimum Gasteiger partial charge on any atom is -0.467 e. The second-order valence-corrected chi connectivity index (χ2v) is 9.77. The van der Waals surface area contributed by atoms with Crippen molar-refractivity contribution in [3.63, 3.8) is 0 Å². The van der Waals surface area contributed by atoms with Crippen LogP contribution in [0.2, 0.25) is 10.0 Å². The highest BCUT2D eigenvalue weighted by atomic mass is 35.5. The first-order chi connectivity index (χ1) is 17.4. The maximum absolute atomic E-state index is 10.8. The maximum atomic E-state index is 10.8. The first kappa shape index (κ1) is 26.4. The van der Waals surface area contributed by atoms with E-state index in [2.05, 4.69) is 39.2 Å². The number of methoxy groups -OCH3 is 1. The van der Waals surface area contributed by atoms with Crippen LogP contribution in [0.15, 0.2) is 48.5 Å². The van der Waals surface area contributed by atoms with E-state index in [1.165, 1.54) is 0 Å². The van der Waals surface area contributed by atoms with Gasteiger partial charge in [-0.3, -0.25) is 4.90 Å². The number of nitrogens with zero attached hydrogens (tertiary/aromatic N) is 3. The molecular formula is C27H30Cl2N4O3. The molecule has 1 aromatic heterocycles. The van der Waals surface area contributed by atoms with Crippen molar-refractivity contribution in [3.05, 3.63) is 69.7 Å². The molecule has 1 atom stereocenters. The van der Waals surface area contributed by atoms with Gasteiger partial charge in [0.25, 0.3) is 0 Å². The molecule has 1 saturated heterocycles. The third kappa shape index (κ3) is 6.53. The second kappa shape index (κ2) is 12.0. The Hall–Kier alpha value is -2.71. The van der Waals surface area contributed by atoms with Crippen molar-refractivity contribution in [2.24, 2.45) is 0 Å². The Kier molecular flexibility index (Phi) is 8.80. The van der Waals surface area contributed by atoms with Gasteiger partial charge in [0.15, 0.2) is 0 Å². The molecule has 36 heavy (non-hydrogen) atoms. The normalized spacial score (nSPS) is 18.1. The fourth-order valence-corrected chi connectivity index (χ4v) is 4.87. The van der Waals surface area contributed by atoms with Crippen LogP contribution in [-0.4, -0.2) is 61.0 Å². The molecule has 2 aromatic carbocycles. The Morgan fingerprint density at radius 1 is 1.19 bits per heavy atom. The number of hydrogen-bond donors (Lipinski definition) is 1.